The lowest BCUT2D eigenvalue weighted by molar-refractivity contribution is -0.133. The highest BCUT2D eigenvalue weighted by molar-refractivity contribution is 7.89. The second-order valence-electron chi connectivity index (χ2n) is 9.30. The van der Waals surface area contributed by atoms with Gasteiger partial charge in [-0.3, -0.25) is 14.5 Å². The number of benzene rings is 1. The Labute approximate surface area is 197 Å². The molecule has 1 heterocycles. The minimum atomic E-state index is -3.65. The summed E-state index contributed by atoms with van der Waals surface area (Å²) in [6.45, 7) is 3.07. The third-order valence-electron chi connectivity index (χ3n) is 6.64. The quantitative estimate of drug-likeness (QED) is 0.648. The molecule has 1 atom stereocenters. The molecule has 0 radical (unpaired) electrons. The summed E-state index contributed by atoms with van der Waals surface area (Å²) < 4.78 is 32.2. The van der Waals surface area contributed by atoms with Crippen LogP contribution in [0.2, 0.25) is 0 Å². The van der Waals surface area contributed by atoms with Gasteiger partial charge < -0.3 is 10.1 Å². The van der Waals surface area contributed by atoms with Crippen molar-refractivity contribution in [1.82, 2.24) is 9.62 Å². The topological polar surface area (TPSA) is 96.0 Å². The van der Waals surface area contributed by atoms with Gasteiger partial charge in [0.2, 0.25) is 21.8 Å². The van der Waals surface area contributed by atoms with E-state index in [-0.39, 0.29) is 30.8 Å². The van der Waals surface area contributed by atoms with Gasteiger partial charge in [-0.05, 0) is 38.3 Å². The molecule has 2 fully saturated rings. The molecule has 0 spiro atoms. The molecule has 8 nitrogen and oxygen atoms in total. The molecule has 1 aliphatic carbocycles. The Balaban J connectivity index is 1.96. The van der Waals surface area contributed by atoms with E-state index in [2.05, 4.69) is 5.32 Å². The van der Waals surface area contributed by atoms with Gasteiger partial charge in [-0.1, -0.05) is 45.1 Å². The van der Waals surface area contributed by atoms with Gasteiger partial charge >= 0.3 is 0 Å². The lowest BCUT2D eigenvalue weighted by atomic mass is 9.92. The molecule has 1 saturated heterocycles. The number of anilines is 1. The standard InChI is InChI=1S/C24H37N3O5S/c1-4-15-33(30,31)26-17-22(28)27(20-13-10-14-21(16-20)32-3)24(2,18-26)23(29)25-19-11-8-6-5-7-9-12-19/h10,13-14,16,19H,4-9,11-12,15,17-18H2,1-3H3,(H,25,29)/t24-/m0/s1. The number of carbonyl (C=O) groups is 2. The molecule has 2 aliphatic rings. The van der Waals surface area contributed by atoms with Crippen molar-refractivity contribution < 1.29 is 22.7 Å². The summed E-state index contributed by atoms with van der Waals surface area (Å²) in [5, 5.41) is 3.16. The van der Waals surface area contributed by atoms with Crippen LogP contribution in [0.15, 0.2) is 24.3 Å². The molecule has 1 aliphatic heterocycles. The van der Waals surface area contributed by atoms with E-state index in [4.69, 9.17) is 4.74 Å². The van der Waals surface area contributed by atoms with E-state index in [1.54, 1.807) is 38.1 Å². The third-order valence-corrected chi connectivity index (χ3v) is 8.60. The highest BCUT2D eigenvalue weighted by atomic mass is 32.2. The number of hydrogen-bond donors (Lipinski definition) is 1. The predicted molar refractivity (Wildman–Crippen MR) is 129 cm³/mol. The van der Waals surface area contributed by atoms with E-state index in [0.717, 1.165) is 38.5 Å². The summed E-state index contributed by atoms with van der Waals surface area (Å²) in [4.78, 5) is 28.6. The van der Waals surface area contributed by atoms with Crippen molar-refractivity contribution in [2.45, 2.75) is 76.8 Å². The van der Waals surface area contributed by atoms with E-state index < -0.39 is 21.5 Å². The summed E-state index contributed by atoms with van der Waals surface area (Å²) >= 11 is 0. The summed E-state index contributed by atoms with van der Waals surface area (Å²) in [5.74, 6) is -0.242. The number of ether oxygens (including phenoxy) is 1. The minimum Gasteiger partial charge on any atom is -0.497 e. The average molecular weight is 480 g/mol. The van der Waals surface area contributed by atoms with Crippen molar-refractivity contribution in [1.29, 1.82) is 0 Å². The van der Waals surface area contributed by atoms with Crippen molar-refractivity contribution in [2.75, 3.05) is 30.9 Å². The van der Waals surface area contributed by atoms with Gasteiger partial charge in [0.25, 0.3) is 0 Å². The Kier molecular flexibility index (Phi) is 8.39. The first-order valence-electron chi connectivity index (χ1n) is 12.0. The molecule has 1 N–H and O–H groups in total. The minimum absolute atomic E-state index is 0.0273. The fourth-order valence-electron chi connectivity index (χ4n) is 4.84. The van der Waals surface area contributed by atoms with E-state index in [1.165, 1.54) is 22.7 Å². The number of methoxy groups -OCH3 is 1. The van der Waals surface area contributed by atoms with Gasteiger partial charge in [0.05, 0.1) is 19.4 Å². The van der Waals surface area contributed by atoms with Crippen LogP contribution >= 0.6 is 0 Å². The Morgan fingerprint density at radius 2 is 1.85 bits per heavy atom. The first kappa shape index (κ1) is 25.5. The zero-order valence-corrected chi connectivity index (χ0v) is 20.8. The van der Waals surface area contributed by atoms with Crippen molar-refractivity contribution in [3.8, 4) is 5.75 Å². The molecule has 0 unspecified atom stereocenters. The fraction of sp³-hybridized carbons (Fsp3) is 0.667. The summed E-state index contributed by atoms with van der Waals surface area (Å²) in [7, 11) is -2.11. The molecular formula is C24H37N3O5S. The van der Waals surface area contributed by atoms with Crippen molar-refractivity contribution in [3.63, 3.8) is 0 Å². The number of sulfonamides is 1. The van der Waals surface area contributed by atoms with Crippen LogP contribution in [-0.4, -0.2) is 62.1 Å². The zero-order chi connectivity index (χ0) is 24.1. The van der Waals surface area contributed by atoms with Gasteiger partial charge in [0.1, 0.15) is 11.3 Å². The molecule has 1 aromatic carbocycles. The third kappa shape index (κ3) is 5.87. The van der Waals surface area contributed by atoms with E-state index >= 15 is 0 Å². The van der Waals surface area contributed by atoms with Crippen LogP contribution in [-0.2, 0) is 19.6 Å². The first-order chi connectivity index (χ1) is 15.7. The zero-order valence-electron chi connectivity index (χ0n) is 20.0. The number of carbonyl (C=O) groups excluding carboxylic acids is 2. The second kappa shape index (κ2) is 10.9. The molecule has 9 heteroatoms. The van der Waals surface area contributed by atoms with Crippen LogP contribution < -0.4 is 15.0 Å². The molecule has 0 bridgehead atoms. The molecule has 0 aromatic heterocycles. The maximum absolute atomic E-state index is 13.7. The van der Waals surface area contributed by atoms with Crippen LogP contribution in [0.5, 0.6) is 5.75 Å². The lowest BCUT2D eigenvalue weighted by Gasteiger charge is -2.47. The number of rotatable bonds is 7. The van der Waals surface area contributed by atoms with Crippen molar-refractivity contribution in [2.24, 2.45) is 0 Å². The Morgan fingerprint density at radius 1 is 1.18 bits per heavy atom. The molecule has 1 saturated carbocycles. The van der Waals surface area contributed by atoms with Crippen LogP contribution in [0.4, 0.5) is 5.69 Å². The molecule has 33 heavy (non-hydrogen) atoms. The second-order valence-corrected chi connectivity index (χ2v) is 11.4. The number of amides is 2. The number of nitrogens with zero attached hydrogens (tertiary/aromatic N) is 2. The van der Waals surface area contributed by atoms with E-state index in [9.17, 15) is 18.0 Å². The van der Waals surface area contributed by atoms with Crippen LogP contribution in [0.3, 0.4) is 0 Å². The highest BCUT2D eigenvalue weighted by Gasteiger charge is 2.51. The average Bonchev–Trinajstić information content (AvgIpc) is 2.75. The normalized spacial score (nSPS) is 23.6. The summed E-state index contributed by atoms with van der Waals surface area (Å²) in [5.41, 5.74) is -0.868. The van der Waals surface area contributed by atoms with Gasteiger partial charge in [-0.25, -0.2) is 8.42 Å². The van der Waals surface area contributed by atoms with Gasteiger partial charge in [0.15, 0.2) is 0 Å². The molecule has 2 amide bonds. The number of nitrogens with one attached hydrogen (secondary N) is 1. The Bertz CT molecular complexity index is 943. The highest BCUT2D eigenvalue weighted by Crippen LogP contribution is 2.33. The largest absolute Gasteiger partial charge is 0.497 e. The maximum Gasteiger partial charge on any atom is 0.247 e. The van der Waals surface area contributed by atoms with Crippen LogP contribution in [0.25, 0.3) is 0 Å². The first-order valence-corrected chi connectivity index (χ1v) is 13.6. The van der Waals surface area contributed by atoms with Gasteiger partial charge in [0, 0.05) is 24.3 Å². The number of hydrogen-bond acceptors (Lipinski definition) is 5. The smallest absolute Gasteiger partial charge is 0.247 e. The summed E-state index contributed by atoms with van der Waals surface area (Å²) in [6, 6.07) is 7.00. The SMILES string of the molecule is CCCS(=O)(=O)N1CC(=O)N(c2cccc(OC)c2)[C@](C)(C(=O)NC2CCCCCCC2)C1. The maximum atomic E-state index is 13.7. The molecule has 184 valence electrons. The lowest BCUT2D eigenvalue weighted by Crippen LogP contribution is -2.71. The molecular weight excluding hydrogens is 442 g/mol. The molecule has 1 aromatic rings. The Hall–Kier alpha value is -2.13. The van der Waals surface area contributed by atoms with Gasteiger partial charge in [-0.15, -0.1) is 0 Å². The van der Waals surface area contributed by atoms with E-state index in [0.29, 0.717) is 17.9 Å². The van der Waals surface area contributed by atoms with Crippen LogP contribution in [0.1, 0.15) is 65.2 Å². The van der Waals surface area contributed by atoms with Gasteiger partial charge in [-0.2, -0.15) is 4.31 Å². The number of piperazine rings is 1. The van der Waals surface area contributed by atoms with Crippen LogP contribution in [0, 0.1) is 0 Å². The monoisotopic (exact) mass is 479 g/mol. The van der Waals surface area contributed by atoms with E-state index in [1.807, 2.05) is 0 Å². The van der Waals surface area contributed by atoms with Crippen molar-refractivity contribution in [3.05, 3.63) is 24.3 Å². The Morgan fingerprint density at radius 3 is 2.48 bits per heavy atom. The molecule has 3 rings (SSSR count). The van der Waals surface area contributed by atoms with Crippen molar-refractivity contribution >= 4 is 27.5 Å². The fourth-order valence-corrected chi connectivity index (χ4v) is 6.37. The summed E-state index contributed by atoms with van der Waals surface area (Å²) in [6.07, 6.45) is 7.87. The predicted octanol–water partition coefficient (Wildman–Crippen LogP) is 3.07.